The van der Waals surface area contributed by atoms with Gasteiger partial charge in [0.2, 0.25) is 0 Å². The highest BCUT2D eigenvalue weighted by Crippen LogP contribution is 2.26. The Kier molecular flexibility index (Phi) is 5.06. The first-order valence-corrected chi connectivity index (χ1v) is 5.30. The smallest absolute Gasteiger partial charge is 0.276 e. The van der Waals surface area contributed by atoms with E-state index in [9.17, 15) is 14.9 Å². The molecule has 7 heteroatoms. The summed E-state index contributed by atoms with van der Waals surface area (Å²) in [5.74, 6) is -0.0988. The number of hydrogen-bond donors (Lipinski definition) is 2. The van der Waals surface area contributed by atoms with Crippen molar-refractivity contribution in [1.82, 2.24) is 5.32 Å². The van der Waals surface area contributed by atoms with Gasteiger partial charge >= 0.3 is 0 Å². The first-order chi connectivity index (χ1) is 8.56. The summed E-state index contributed by atoms with van der Waals surface area (Å²) in [5, 5.41) is 21.6. The van der Waals surface area contributed by atoms with Crippen LogP contribution in [0.3, 0.4) is 0 Å². The number of nitro groups is 1. The number of aliphatic hydroxyl groups excluding tert-OH is 1. The van der Waals surface area contributed by atoms with Gasteiger partial charge in [-0.25, -0.2) is 0 Å². The van der Waals surface area contributed by atoms with Crippen LogP contribution >= 0.6 is 0 Å². The average Bonchev–Trinajstić information content (AvgIpc) is 2.34. The van der Waals surface area contributed by atoms with Crippen molar-refractivity contribution in [2.24, 2.45) is 0 Å². The lowest BCUT2D eigenvalue weighted by molar-refractivity contribution is -0.385. The average molecular weight is 254 g/mol. The molecule has 98 valence electrons. The Morgan fingerprint density at radius 3 is 2.89 bits per heavy atom. The third kappa shape index (κ3) is 3.70. The van der Waals surface area contributed by atoms with E-state index in [2.05, 4.69) is 5.32 Å². The van der Waals surface area contributed by atoms with Crippen LogP contribution in [0.25, 0.3) is 0 Å². The second-order valence-corrected chi connectivity index (χ2v) is 3.52. The number of rotatable bonds is 6. The molecule has 0 fully saturated rings. The van der Waals surface area contributed by atoms with Gasteiger partial charge < -0.3 is 15.2 Å². The third-order valence-corrected chi connectivity index (χ3v) is 2.24. The highest BCUT2D eigenvalue weighted by Gasteiger charge is 2.14. The lowest BCUT2D eigenvalue weighted by Crippen LogP contribution is -2.31. The second kappa shape index (κ2) is 6.55. The van der Waals surface area contributed by atoms with Crippen LogP contribution in [0.1, 0.15) is 5.56 Å². The fraction of sp³-hybridized carbons (Fsp3) is 0.364. The molecule has 0 aliphatic heterocycles. The van der Waals surface area contributed by atoms with Crippen molar-refractivity contribution in [1.29, 1.82) is 0 Å². The minimum absolute atomic E-state index is 0.0525. The van der Waals surface area contributed by atoms with Crippen molar-refractivity contribution in [3.05, 3.63) is 33.9 Å². The van der Waals surface area contributed by atoms with Crippen LogP contribution in [0.5, 0.6) is 5.75 Å². The number of carbonyl (C=O) groups excluding carboxylic acids is 1. The zero-order valence-corrected chi connectivity index (χ0v) is 9.88. The van der Waals surface area contributed by atoms with Crippen molar-refractivity contribution in [2.75, 3.05) is 19.8 Å². The molecule has 0 aromatic heterocycles. The molecule has 18 heavy (non-hydrogen) atoms. The van der Waals surface area contributed by atoms with E-state index >= 15 is 0 Å². The van der Waals surface area contributed by atoms with E-state index in [0.717, 1.165) is 0 Å². The summed E-state index contributed by atoms with van der Waals surface area (Å²) in [5.41, 5.74) is 0.320. The summed E-state index contributed by atoms with van der Waals surface area (Å²) in [6.07, 6.45) is 0. The van der Waals surface area contributed by atoms with Crippen LogP contribution in [0.2, 0.25) is 0 Å². The minimum Gasteiger partial charge on any atom is -0.483 e. The largest absolute Gasteiger partial charge is 0.483 e. The van der Waals surface area contributed by atoms with Crippen LogP contribution < -0.4 is 10.1 Å². The quantitative estimate of drug-likeness (QED) is 0.564. The monoisotopic (exact) mass is 254 g/mol. The number of hydrogen-bond acceptors (Lipinski definition) is 5. The number of nitrogens with one attached hydrogen (secondary N) is 1. The molecule has 0 saturated carbocycles. The first-order valence-electron chi connectivity index (χ1n) is 5.30. The number of benzene rings is 1. The number of carbonyl (C=O) groups is 1. The summed E-state index contributed by atoms with van der Waals surface area (Å²) < 4.78 is 5.19. The molecule has 0 aliphatic rings. The summed E-state index contributed by atoms with van der Waals surface area (Å²) >= 11 is 0. The fourth-order valence-corrected chi connectivity index (χ4v) is 1.35. The summed E-state index contributed by atoms with van der Waals surface area (Å²) in [4.78, 5) is 21.4. The molecular weight excluding hydrogens is 240 g/mol. The van der Waals surface area contributed by atoms with Gasteiger partial charge in [0.05, 0.1) is 17.1 Å². The third-order valence-electron chi connectivity index (χ3n) is 2.24. The van der Waals surface area contributed by atoms with Gasteiger partial charge in [0.1, 0.15) is 5.75 Å². The minimum atomic E-state index is -0.506. The number of aliphatic hydroxyl groups is 1. The van der Waals surface area contributed by atoms with Crippen molar-refractivity contribution >= 4 is 11.6 Å². The highest BCUT2D eigenvalue weighted by atomic mass is 16.6. The predicted molar refractivity (Wildman–Crippen MR) is 63.4 cm³/mol. The maximum atomic E-state index is 11.2. The van der Waals surface area contributed by atoms with Crippen LogP contribution in [0, 0.1) is 17.0 Å². The SMILES string of the molecule is Cc1c(OCC(=O)NCCO)cccc1[N+](=O)[O-]. The fourth-order valence-electron chi connectivity index (χ4n) is 1.35. The highest BCUT2D eigenvalue weighted by molar-refractivity contribution is 5.77. The summed E-state index contributed by atoms with van der Waals surface area (Å²) in [7, 11) is 0. The lowest BCUT2D eigenvalue weighted by atomic mass is 10.2. The zero-order chi connectivity index (χ0) is 13.5. The zero-order valence-electron chi connectivity index (χ0n) is 9.88. The number of nitro benzene ring substituents is 1. The molecule has 1 amide bonds. The molecule has 0 heterocycles. The predicted octanol–water partition coefficient (Wildman–Crippen LogP) is 0.391. The van der Waals surface area contributed by atoms with E-state index < -0.39 is 10.8 Å². The molecular formula is C11H14N2O5. The Hall–Kier alpha value is -2.15. The molecule has 1 aromatic carbocycles. The molecule has 0 bridgehead atoms. The molecule has 0 saturated heterocycles. The van der Waals surface area contributed by atoms with Gasteiger partial charge in [0.15, 0.2) is 6.61 Å². The van der Waals surface area contributed by atoms with Crippen molar-refractivity contribution in [2.45, 2.75) is 6.92 Å². The van der Waals surface area contributed by atoms with E-state index in [1.807, 2.05) is 0 Å². The summed E-state index contributed by atoms with van der Waals surface area (Å²) in [6, 6.07) is 4.42. The van der Waals surface area contributed by atoms with Gasteiger partial charge in [0, 0.05) is 12.6 Å². The van der Waals surface area contributed by atoms with Gasteiger partial charge in [-0.15, -0.1) is 0 Å². The molecule has 2 N–H and O–H groups in total. The van der Waals surface area contributed by atoms with Crippen LogP contribution in [0.15, 0.2) is 18.2 Å². The van der Waals surface area contributed by atoms with E-state index in [0.29, 0.717) is 11.3 Å². The Balaban J connectivity index is 2.65. The van der Waals surface area contributed by atoms with Gasteiger partial charge in [0.25, 0.3) is 11.6 Å². The topological polar surface area (TPSA) is 102 Å². The molecule has 0 spiro atoms. The van der Waals surface area contributed by atoms with Crippen LogP contribution in [-0.4, -0.2) is 35.7 Å². The van der Waals surface area contributed by atoms with Gasteiger partial charge in [-0.2, -0.15) is 0 Å². The molecule has 0 atom stereocenters. The molecule has 7 nitrogen and oxygen atoms in total. The number of amides is 1. The Labute approximate surface area is 104 Å². The van der Waals surface area contributed by atoms with E-state index in [1.165, 1.54) is 12.1 Å². The number of ether oxygens (including phenoxy) is 1. The van der Waals surface area contributed by atoms with Gasteiger partial charge in [-0.3, -0.25) is 14.9 Å². The van der Waals surface area contributed by atoms with E-state index in [4.69, 9.17) is 9.84 Å². The molecule has 0 radical (unpaired) electrons. The number of nitrogens with zero attached hydrogens (tertiary/aromatic N) is 1. The summed E-state index contributed by atoms with van der Waals surface area (Å²) in [6.45, 7) is 1.30. The van der Waals surface area contributed by atoms with Crippen molar-refractivity contribution < 1.29 is 19.6 Å². The first kappa shape index (κ1) is 13.9. The Bertz CT molecular complexity index is 447. The maximum absolute atomic E-state index is 11.2. The van der Waals surface area contributed by atoms with Crippen LogP contribution in [-0.2, 0) is 4.79 Å². The molecule has 1 aromatic rings. The lowest BCUT2D eigenvalue weighted by Gasteiger charge is -2.09. The maximum Gasteiger partial charge on any atom is 0.276 e. The second-order valence-electron chi connectivity index (χ2n) is 3.52. The molecule has 0 unspecified atom stereocenters. The Morgan fingerprint density at radius 1 is 1.56 bits per heavy atom. The van der Waals surface area contributed by atoms with Crippen molar-refractivity contribution in [3.63, 3.8) is 0 Å². The van der Waals surface area contributed by atoms with E-state index in [1.54, 1.807) is 13.0 Å². The van der Waals surface area contributed by atoms with Gasteiger partial charge in [-0.1, -0.05) is 6.07 Å². The van der Waals surface area contributed by atoms with Gasteiger partial charge in [-0.05, 0) is 13.0 Å². The Morgan fingerprint density at radius 2 is 2.28 bits per heavy atom. The molecule has 1 rings (SSSR count). The molecule has 0 aliphatic carbocycles. The van der Waals surface area contributed by atoms with Crippen LogP contribution in [0.4, 0.5) is 5.69 Å². The van der Waals surface area contributed by atoms with Crippen molar-refractivity contribution in [3.8, 4) is 5.75 Å². The normalized spacial score (nSPS) is 9.89. The standard InChI is InChI=1S/C11H14N2O5/c1-8-9(13(16)17)3-2-4-10(8)18-7-11(15)12-5-6-14/h2-4,14H,5-7H2,1H3,(H,12,15). The van der Waals surface area contributed by atoms with E-state index in [-0.39, 0.29) is 25.4 Å².